The zero-order valence-corrected chi connectivity index (χ0v) is 16.4. The molecule has 6 heteroatoms. The van der Waals surface area contributed by atoms with Crippen LogP contribution in [-0.4, -0.2) is 16.8 Å². The summed E-state index contributed by atoms with van der Waals surface area (Å²) in [6.45, 7) is 3.64. The van der Waals surface area contributed by atoms with E-state index in [0.29, 0.717) is 16.1 Å². The lowest BCUT2D eigenvalue weighted by atomic mass is 9.88. The maximum Gasteiger partial charge on any atom is 0.416 e. The Morgan fingerprint density at radius 3 is 2.50 bits per heavy atom. The molecule has 2 heterocycles. The van der Waals surface area contributed by atoms with Crippen LogP contribution in [0.3, 0.4) is 0 Å². The highest BCUT2D eigenvalue weighted by Gasteiger charge is 2.48. The number of benzene rings is 2. The van der Waals surface area contributed by atoms with Crippen molar-refractivity contribution in [2.75, 3.05) is 0 Å². The van der Waals surface area contributed by atoms with Crippen LogP contribution in [-0.2, 0) is 11.0 Å². The first-order valence-corrected chi connectivity index (χ1v) is 9.79. The van der Waals surface area contributed by atoms with Gasteiger partial charge in [-0.3, -0.25) is 4.79 Å². The maximum atomic E-state index is 13.3. The number of carbonyl (C=O) groups excluding carboxylic acids is 1. The second-order valence-corrected chi connectivity index (χ2v) is 8.33. The Bertz CT molecular complexity index is 940. The third-order valence-corrected chi connectivity index (χ3v) is 6.29. The summed E-state index contributed by atoms with van der Waals surface area (Å²) in [6.07, 6.45) is -2.61. The summed E-state index contributed by atoms with van der Waals surface area (Å²) in [7, 11) is 0. The molecule has 4 rings (SSSR count). The summed E-state index contributed by atoms with van der Waals surface area (Å²) in [6, 6.07) is 9.72. The molecule has 2 aromatic rings. The Morgan fingerprint density at radius 1 is 1.04 bits per heavy atom. The normalized spacial score (nSPS) is 24.7. The molecular weight excluding hydrogens is 387 g/mol. The molecule has 2 nitrogen and oxygen atoms in total. The van der Waals surface area contributed by atoms with Crippen LogP contribution in [0.15, 0.2) is 36.4 Å². The molecule has 0 unspecified atom stereocenters. The Labute approximate surface area is 167 Å². The van der Waals surface area contributed by atoms with Gasteiger partial charge in [-0.15, -0.1) is 0 Å². The van der Waals surface area contributed by atoms with E-state index in [-0.39, 0.29) is 30.3 Å². The molecule has 0 aliphatic carbocycles. The third-order valence-electron chi connectivity index (χ3n) is 5.94. The highest BCUT2D eigenvalue weighted by Crippen LogP contribution is 2.50. The lowest BCUT2D eigenvalue weighted by Gasteiger charge is -2.27. The van der Waals surface area contributed by atoms with Gasteiger partial charge < -0.3 is 4.90 Å². The van der Waals surface area contributed by atoms with Crippen molar-refractivity contribution < 1.29 is 18.0 Å². The largest absolute Gasteiger partial charge is 0.416 e. The molecule has 0 aromatic heterocycles. The molecule has 1 amide bonds. The van der Waals surface area contributed by atoms with Crippen LogP contribution in [0.5, 0.6) is 0 Å². The molecule has 2 aromatic carbocycles. The van der Waals surface area contributed by atoms with Crippen molar-refractivity contribution in [3.05, 3.63) is 69.2 Å². The molecule has 28 heavy (non-hydrogen) atoms. The predicted molar refractivity (Wildman–Crippen MR) is 102 cm³/mol. The molecule has 0 bridgehead atoms. The van der Waals surface area contributed by atoms with E-state index in [1.807, 2.05) is 30.0 Å². The highest BCUT2D eigenvalue weighted by atomic mass is 35.5. The summed E-state index contributed by atoms with van der Waals surface area (Å²) >= 11 is 6.40. The van der Waals surface area contributed by atoms with Gasteiger partial charge in [-0.1, -0.05) is 40.9 Å². The van der Waals surface area contributed by atoms with Gasteiger partial charge in [-0.25, -0.2) is 0 Å². The Kier molecular flexibility index (Phi) is 4.69. The minimum absolute atomic E-state index is 0.00913. The topological polar surface area (TPSA) is 20.3 Å². The van der Waals surface area contributed by atoms with Gasteiger partial charge in [0.15, 0.2) is 0 Å². The van der Waals surface area contributed by atoms with Crippen molar-refractivity contribution in [2.24, 2.45) is 0 Å². The van der Waals surface area contributed by atoms with Crippen molar-refractivity contribution in [1.29, 1.82) is 0 Å². The first-order valence-electron chi connectivity index (χ1n) is 9.41. The Balaban J connectivity index is 1.69. The molecule has 0 radical (unpaired) electrons. The van der Waals surface area contributed by atoms with E-state index in [1.54, 1.807) is 13.0 Å². The van der Waals surface area contributed by atoms with Gasteiger partial charge in [0.2, 0.25) is 5.91 Å². The number of hydrogen-bond donors (Lipinski definition) is 0. The first-order chi connectivity index (χ1) is 13.1. The van der Waals surface area contributed by atoms with Crippen LogP contribution in [0.2, 0.25) is 5.02 Å². The predicted octanol–water partition coefficient (Wildman–Crippen LogP) is 6.20. The average Bonchev–Trinajstić information content (AvgIpc) is 3.17. The van der Waals surface area contributed by atoms with E-state index in [4.69, 9.17) is 11.6 Å². The van der Waals surface area contributed by atoms with Crippen LogP contribution in [0.1, 0.15) is 59.0 Å². The van der Waals surface area contributed by atoms with Gasteiger partial charge in [0.25, 0.3) is 0 Å². The summed E-state index contributed by atoms with van der Waals surface area (Å²) in [5.74, 6) is -0.229. The van der Waals surface area contributed by atoms with Crippen LogP contribution in [0.25, 0.3) is 0 Å². The van der Waals surface area contributed by atoms with E-state index in [1.165, 1.54) is 6.07 Å². The second kappa shape index (κ2) is 6.80. The van der Waals surface area contributed by atoms with E-state index >= 15 is 0 Å². The molecule has 0 spiro atoms. The third kappa shape index (κ3) is 3.30. The van der Waals surface area contributed by atoms with Crippen molar-refractivity contribution in [1.82, 2.24) is 4.90 Å². The molecule has 2 aliphatic rings. The Morgan fingerprint density at radius 2 is 1.79 bits per heavy atom. The van der Waals surface area contributed by atoms with E-state index in [9.17, 15) is 18.0 Å². The van der Waals surface area contributed by atoms with Gasteiger partial charge in [-0.05, 0) is 56.0 Å². The molecule has 2 aliphatic heterocycles. The van der Waals surface area contributed by atoms with Gasteiger partial charge in [0.1, 0.15) is 0 Å². The summed E-state index contributed by atoms with van der Waals surface area (Å²) in [4.78, 5) is 14.7. The van der Waals surface area contributed by atoms with E-state index < -0.39 is 11.7 Å². The maximum absolute atomic E-state index is 13.3. The lowest BCUT2D eigenvalue weighted by Crippen LogP contribution is -2.31. The highest BCUT2D eigenvalue weighted by molar-refractivity contribution is 6.31. The number of rotatable bonds is 2. The lowest BCUT2D eigenvalue weighted by molar-refractivity contribution is -0.137. The number of halogens is 4. The fraction of sp³-hybridized carbons (Fsp3) is 0.409. The van der Waals surface area contributed by atoms with Gasteiger partial charge in [0.05, 0.1) is 11.6 Å². The summed E-state index contributed by atoms with van der Waals surface area (Å²) < 4.78 is 39.8. The monoisotopic (exact) mass is 407 g/mol. The van der Waals surface area contributed by atoms with Crippen LogP contribution in [0.4, 0.5) is 13.2 Å². The zero-order chi connectivity index (χ0) is 20.2. The molecule has 3 atom stereocenters. The minimum Gasteiger partial charge on any atom is -0.332 e. The SMILES string of the molecule is Cc1cc([C@H]2CC(=O)N3[C@H](c4cc(C)ccc4Cl)CC[C@@H]23)cc(C(F)(F)F)c1. The van der Waals surface area contributed by atoms with Gasteiger partial charge in [0, 0.05) is 23.4 Å². The molecule has 0 saturated carbocycles. The summed E-state index contributed by atoms with van der Waals surface area (Å²) in [5, 5.41) is 0.627. The van der Waals surface area contributed by atoms with E-state index in [0.717, 1.165) is 30.0 Å². The number of nitrogens with zero attached hydrogens (tertiary/aromatic N) is 1. The number of alkyl halides is 3. The smallest absolute Gasteiger partial charge is 0.332 e. The number of fused-ring (bicyclic) bond motifs is 1. The molecule has 2 saturated heterocycles. The van der Waals surface area contributed by atoms with Crippen LogP contribution in [0, 0.1) is 13.8 Å². The minimum atomic E-state index is -4.39. The Hall–Kier alpha value is -2.01. The first kappa shape index (κ1) is 19.3. The number of aryl methyl sites for hydroxylation is 2. The van der Waals surface area contributed by atoms with Crippen molar-refractivity contribution in [3.8, 4) is 0 Å². The van der Waals surface area contributed by atoms with Gasteiger partial charge >= 0.3 is 6.18 Å². The molecular formula is C22H21ClF3NO. The van der Waals surface area contributed by atoms with Crippen molar-refractivity contribution in [2.45, 2.75) is 57.3 Å². The summed E-state index contributed by atoms with van der Waals surface area (Å²) in [5.41, 5.74) is 2.51. The fourth-order valence-corrected chi connectivity index (χ4v) is 5.02. The second-order valence-electron chi connectivity index (χ2n) is 7.93. The van der Waals surface area contributed by atoms with Crippen molar-refractivity contribution >= 4 is 17.5 Å². The molecule has 2 fully saturated rings. The van der Waals surface area contributed by atoms with Crippen molar-refractivity contribution in [3.63, 3.8) is 0 Å². The van der Waals surface area contributed by atoms with Gasteiger partial charge in [-0.2, -0.15) is 13.2 Å². The zero-order valence-electron chi connectivity index (χ0n) is 15.7. The molecule has 0 N–H and O–H groups in total. The van der Waals surface area contributed by atoms with Crippen LogP contribution >= 0.6 is 11.6 Å². The fourth-order valence-electron chi connectivity index (χ4n) is 4.78. The number of amides is 1. The number of hydrogen-bond acceptors (Lipinski definition) is 1. The standard InChI is InChI=1S/C22H21ClF3NO/c1-12-3-4-18(23)17(9-12)20-6-5-19-16(11-21(28)27(19)20)14-7-13(2)8-15(10-14)22(24,25)26/h3-4,7-10,16,19-20H,5-6,11H2,1-2H3/t16-,19+,20+/m1/s1. The van der Waals surface area contributed by atoms with E-state index in [2.05, 4.69) is 0 Å². The van der Waals surface area contributed by atoms with Crippen LogP contribution < -0.4 is 0 Å². The average molecular weight is 408 g/mol. The quantitative estimate of drug-likeness (QED) is 0.580. The number of carbonyl (C=O) groups is 1. The molecule has 148 valence electrons.